The molecule has 0 bridgehead atoms. The Balaban J connectivity index is 0.993. The van der Waals surface area contributed by atoms with Crippen molar-refractivity contribution in [3.63, 3.8) is 0 Å². The number of morpholine rings is 1. The van der Waals surface area contributed by atoms with Crippen molar-refractivity contribution in [1.82, 2.24) is 9.80 Å². The molecule has 3 saturated heterocycles. The van der Waals surface area contributed by atoms with Gasteiger partial charge in [0.15, 0.2) is 6.29 Å². The summed E-state index contributed by atoms with van der Waals surface area (Å²) in [6.07, 6.45) is 6.47. The highest BCUT2D eigenvalue weighted by molar-refractivity contribution is 5.74. The lowest BCUT2D eigenvalue weighted by Crippen LogP contribution is -2.64. The lowest BCUT2D eigenvalue weighted by atomic mass is 9.41. The van der Waals surface area contributed by atoms with Crippen molar-refractivity contribution in [3.05, 3.63) is 0 Å². The molecule has 1 amide bonds. The molecule has 9 heteroatoms. The van der Waals surface area contributed by atoms with Crippen molar-refractivity contribution >= 4 is 5.91 Å². The highest BCUT2D eigenvalue weighted by atomic mass is 16.7. The monoisotopic (exact) mass is 672 g/mol. The average Bonchev–Trinajstić information content (AvgIpc) is 3.61. The lowest BCUT2D eigenvalue weighted by Gasteiger charge is -2.64. The SMILES string of the molecule is CC(=O)N1CC(N2CCOC(O[C@H]3CC[C@]45CC46CC[C@]4(C)C7C(OC([C@H](O)C(C)(C)O)C[C@H]7C)[C@H](O)C4(C)[C@@H]6CCC5C3(C)C)C2)C1. The van der Waals surface area contributed by atoms with Crippen LogP contribution in [-0.4, -0.2) is 112 Å². The first-order valence-electron chi connectivity index (χ1n) is 19.4. The number of likely N-dealkylation sites (tertiary alicyclic amines) is 1. The van der Waals surface area contributed by atoms with Crippen LogP contribution in [0.3, 0.4) is 0 Å². The number of aliphatic hydroxyl groups is 3. The molecule has 5 aliphatic carbocycles. The van der Waals surface area contributed by atoms with Crippen molar-refractivity contribution in [2.24, 2.45) is 50.7 Å². The van der Waals surface area contributed by atoms with Gasteiger partial charge in [-0.3, -0.25) is 9.69 Å². The van der Waals surface area contributed by atoms with Crippen LogP contribution < -0.4 is 0 Å². The van der Waals surface area contributed by atoms with Gasteiger partial charge in [-0.25, -0.2) is 0 Å². The Kier molecular flexibility index (Phi) is 7.76. The lowest BCUT2D eigenvalue weighted by molar-refractivity contribution is -0.253. The first-order valence-corrected chi connectivity index (χ1v) is 19.4. The Hall–Kier alpha value is -0.810. The van der Waals surface area contributed by atoms with Gasteiger partial charge in [-0.2, -0.15) is 0 Å². The van der Waals surface area contributed by atoms with Gasteiger partial charge in [-0.15, -0.1) is 0 Å². The molecule has 0 radical (unpaired) electrons. The van der Waals surface area contributed by atoms with Crippen LogP contribution in [0, 0.1) is 50.7 Å². The van der Waals surface area contributed by atoms with E-state index in [2.05, 4.69) is 39.5 Å². The molecule has 9 nitrogen and oxygen atoms in total. The fraction of sp³-hybridized carbons (Fsp3) is 0.974. The number of aliphatic hydroxyl groups excluding tert-OH is 2. The summed E-state index contributed by atoms with van der Waals surface area (Å²) in [6.45, 7) is 21.0. The number of carbonyl (C=O) groups excluding carboxylic acids is 1. The standard InChI is InChI=1S/C39H64N2O7/c1-22-17-25(32(43)35(5,6)45)47-31-30(22)36(7)13-14-39-21-38(39)12-11-28(34(3,4)26(38)9-10-27(39)37(36,8)33(31)44)48-29-20-40(15-16-46-29)24-18-41(19-24)23(2)42/h22,24-33,43-45H,9-21H2,1-8H3/t22-,25?,26?,27+,28+,29?,30?,31?,32+,33+,36-,37?,38-,39?/m1/s1. The van der Waals surface area contributed by atoms with Crippen LogP contribution in [0.15, 0.2) is 0 Å². The second-order valence-electron chi connectivity index (χ2n) is 19.7. The smallest absolute Gasteiger partial charge is 0.219 e. The summed E-state index contributed by atoms with van der Waals surface area (Å²) in [5.74, 6) is 1.75. The van der Waals surface area contributed by atoms with E-state index < -0.39 is 23.9 Å². The highest BCUT2D eigenvalue weighted by Gasteiger charge is 2.84. The molecular formula is C39H64N2O7. The van der Waals surface area contributed by atoms with Gasteiger partial charge in [0.1, 0.15) is 6.10 Å². The largest absolute Gasteiger partial charge is 0.390 e. The van der Waals surface area contributed by atoms with Crippen LogP contribution in [0.25, 0.3) is 0 Å². The molecule has 8 aliphatic rings. The molecule has 8 fully saturated rings. The van der Waals surface area contributed by atoms with Gasteiger partial charge in [-0.05, 0) is 111 Å². The number of amides is 1. The molecular weight excluding hydrogens is 608 g/mol. The van der Waals surface area contributed by atoms with E-state index in [1.54, 1.807) is 20.8 Å². The normalized spacial score (nSPS) is 52.2. The number of hydrogen-bond acceptors (Lipinski definition) is 8. The van der Waals surface area contributed by atoms with Crippen LogP contribution in [0.5, 0.6) is 0 Å². The summed E-state index contributed by atoms with van der Waals surface area (Å²) in [4.78, 5) is 16.1. The quantitative estimate of drug-likeness (QED) is 0.399. The maximum Gasteiger partial charge on any atom is 0.219 e. The van der Waals surface area contributed by atoms with Crippen LogP contribution in [0.2, 0.25) is 0 Å². The van der Waals surface area contributed by atoms with Crippen LogP contribution in [0.4, 0.5) is 0 Å². The maximum absolute atomic E-state index is 12.5. The van der Waals surface area contributed by atoms with E-state index in [4.69, 9.17) is 14.2 Å². The minimum Gasteiger partial charge on any atom is -0.390 e. The van der Waals surface area contributed by atoms with Crippen molar-refractivity contribution in [2.45, 2.75) is 155 Å². The summed E-state index contributed by atoms with van der Waals surface area (Å²) < 4.78 is 19.8. The molecule has 0 aromatic rings. The Bertz CT molecular complexity index is 1300. The third kappa shape index (κ3) is 4.43. The number of fused-ring (bicyclic) bond motifs is 4. The van der Waals surface area contributed by atoms with E-state index in [0.29, 0.717) is 42.2 Å². The Morgan fingerprint density at radius 3 is 2.38 bits per heavy atom. The van der Waals surface area contributed by atoms with Crippen LogP contribution in [0.1, 0.15) is 107 Å². The predicted octanol–water partition coefficient (Wildman–Crippen LogP) is 4.21. The molecule has 0 aromatic heterocycles. The molecule has 2 spiro atoms. The van der Waals surface area contributed by atoms with E-state index in [9.17, 15) is 20.1 Å². The number of hydrogen-bond donors (Lipinski definition) is 3. The van der Waals surface area contributed by atoms with E-state index >= 15 is 0 Å². The zero-order valence-corrected chi connectivity index (χ0v) is 30.9. The van der Waals surface area contributed by atoms with Crippen molar-refractivity contribution in [3.8, 4) is 0 Å². The Morgan fingerprint density at radius 1 is 1.00 bits per heavy atom. The number of nitrogens with zero attached hydrogens (tertiary/aromatic N) is 2. The second kappa shape index (κ2) is 10.9. The van der Waals surface area contributed by atoms with Gasteiger partial charge in [0.2, 0.25) is 5.91 Å². The Morgan fingerprint density at radius 2 is 1.69 bits per heavy atom. The fourth-order valence-electron chi connectivity index (χ4n) is 14.4. The van der Waals surface area contributed by atoms with Crippen molar-refractivity contribution in [1.29, 1.82) is 0 Å². The van der Waals surface area contributed by atoms with Gasteiger partial charge in [0.05, 0.1) is 43.2 Å². The van der Waals surface area contributed by atoms with Gasteiger partial charge in [-0.1, -0.05) is 34.6 Å². The number of ether oxygens (including phenoxy) is 3. The first kappa shape index (κ1) is 34.3. The predicted molar refractivity (Wildman–Crippen MR) is 181 cm³/mol. The van der Waals surface area contributed by atoms with Crippen LogP contribution in [-0.2, 0) is 19.0 Å². The molecule has 3 aliphatic heterocycles. The zero-order chi connectivity index (χ0) is 34.4. The Labute approximate surface area is 288 Å². The van der Waals surface area contributed by atoms with Crippen LogP contribution >= 0.6 is 0 Å². The first-order chi connectivity index (χ1) is 22.4. The highest BCUT2D eigenvalue weighted by Crippen LogP contribution is 2.89. The van der Waals surface area contributed by atoms with E-state index in [1.807, 2.05) is 4.90 Å². The van der Waals surface area contributed by atoms with Gasteiger partial charge in [0.25, 0.3) is 0 Å². The van der Waals surface area contributed by atoms with E-state index in [-0.39, 0.29) is 52.0 Å². The topological polar surface area (TPSA) is 112 Å². The zero-order valence-electron chi connectivity index (χ0n) is 30.9. The summed E-state index contributed by atoms with van der Waals surface area (Å²) in [7, 11) is 0. The third-order valence-corrected chi connectivity index (χ3v) is 17.0. The molecule has 5 saturated carbocycles. The van der Waals surface area contributed by atoms with Gasteiger partial charge in [0, 0.05) is 38.0 Å². The minimum absolute atomic E-state index is 0.0300. The molecule has 8 rings (SSSR count). The van der Waals surface area contributed by atoms with Crippen molar-refractivity contribution < 1.29 is 34.3 Å². The van der Waals surface area contributed by atoms with E-state index in [1.165, 1.54) is 25.7 Å². The number of carbonyl (C=O) groups is 1. The van der Waals surface area contributed by atoms with Gasteiger partial charge >= 0.3 is 0 Å². The maximum atomic E-state index is 12.5. The molecule has 14 atom stereocenters. The second-order valence-corrected chi connectivity index (χ2v) is 19.7. The molecule has 48 heavy (non-hydrogen) atoms. The molecule has 0 aromatic carbocycles. The van der Waals surface area contributed by atoms with Gasteiger partial charge < -0.3 is 34.4 Å². The molecule has 3 heterocycles. The summed E-state index contributed by atoms with van der Waals surface area (Å²) in [5.41, 5.74) is -0.936. The molecule has 7 unspecified atom stereocenters. The summed E-state index contributed by atoms with van der Waals surface area (Å²) in [6, 6.07) is 0.409. The molecule has 3 N–H and O–H groups in total. The van der Waals surface area contributed by atoms with Crippen molar-refractivity contribution in [2.75, 3.05) is 32.8 Å². The minimum atomic E-state index is -1.25. The summed E-state index contributed by atoms with van der Waals surface area (Å²) >= 11 is 0. The summed E-state index contributed by atoms with van der Waals surface area (Å²) in [5, 5.41) is 34.1. The van der Waals surface area contributed by atoms with E-state index in [0.717, 1.165) is 45.4 Å². The third-order valence-electron chi connectivity index (χ3n) is 17.0. The molecule has 272 valence electrons. The fourth-order valence-corrected chi connectivity index (χ4v) is 14.4. The average molecular weight is 673 g/mol. The number of rotatable bonds is 5.